The van der Waals surface area contributed by atoms with Crippen molar-refractivity contribution in [3.63, 3.8) is 0 Å². The lowest BCUT2D eigenvalue weighted by Gasteiger charge is -2.10. The molecule has 1 N–H and O–H groups in total. The number of nitrogens with zero attached hydrogens (tertiary/aromatic N) is 1. The first-order valence-corrected chi connectivity index (χ1v) is 5.66. The van der Waals surface area contributed by atoms with E-state index in [1.807, 2.05) is 0 Å². The Bertz CT molecular complexity index is 494. The number of alkyl halides is 3. The summed E-state index contributed by atoms with van der Waals surface area (Å²) in [5.74, 6) is -0.492. The van der Waals surface area contributed by atoms with Gasteiger partial charge in [0.25, 0.3) is 0 Å². The Hall–Kier alpha value is -1.68. The van der Waals surface area contributed by atoms with E-state index in [2.05, 4.69) is 5.32 Å². The van der Waals surface area contributed by atoms with Crippen molar-refractivity contribution in [3.05, 3.63) is 23.8 Å². The van der Waals surface area contributed by atoms with Gasteiger partial charge < -0.3 is 5.32 Å². The van der Waals surface area contributed by atoms with Gasteiger partial charge in [-0.05, 0) is 42.4 Å². The van der Waals surface area contributed by atoms with Gasteiger partial charge in [0.1, 0.15) is 6.42 Å². The molecule has 96 valence electrons. The number of halogens is 3. The van der Waals surface area contributed by atoms with Gasteiger partial charge in [0, 0.05) is 10.6 Å². The molecule has 0 saturated carbocycles. The molecular weight excluding hydrogens is 265 g/mol. The van der Waals surface area contributed by atoms with Gasteiger partial charge in [-0.25, -0.2) is 0 Å². The van der Waals surface area contributed by atoms with E-state index in [0.717, 1.165) is 0 Å². The first kappa shape index (κ1) is 14.4. The summed E-state index contributed by atoms with van der Waals surface area (Å²) in [6.45, 7) is 1.52. The van der Waals surface area contributed by atoms with Crippen LogP contribution in [0.15, 0.2) is 23.1 Å². The third-order valence-corrected chi connectivity index (χ3v) is 2.83. The number of amides is 1. The predicted octanol–water partition coefficient (Wildman–Crippen LogP) is 3.46. The number of nitriles is 1. The molecule has 0 unspecified atom stereocenters. The molecule has 0 fully saturated rings. The van der Waals surface area contributed by atoms with E-state index in [1.165, 1.54) is 25.1 Å². The normalized spacial score (nSPS) is 10.8. The molecule has 0 bridgehead atoms. The Labute approximate surface area is 106 Å². The second-order valence-corrected chi connectivity index (χ2v) is 4.52. The first-order chi connectivity index (χ1) is 8.31. The van der Waals surface area contributed by atoms with Crippen molar-refractivity contribution < 1.29 is 18.0 Å². The minimum Gasteiger partial charge on any atom is -0.325 e. The molecule has 18 heavy (non-hydrogen) atoms. The lowest BCUT2D eigenvalue weighted by molar-refractivity contribution is -0.115. The van der Waals surface area contributed by atoms with Crippen LogP contribution < -0.4 is 5.32 Å². The summed E-state index contributed by atoms with van der Waals surface area (Å²) < 4.78 is 36.6. The van der Waals surface area contributed by atoms with Crippen LogP contribution in [0.3, 0.4) is 0 Å². The van der Waals surface area contributed by atoms with Crippen LogP contribution in [-0.4, -0.2) is 11.4 Å². The van der Waals surface area contributed by atoms with Crippen LogP contribution in [0.1, 0.15) is 12.0 Å². The Morgan fingerprint density at radius 1 is 1.50 bits per heavy atom. The number of nitrogens with one attached hydrogen (secondary N) is 1. The van der Waals surface area contributed by atoms with Gasteiger partial charge >= 0.3 is 5.51 Å². The summed E-state index contributed by atoms with van der Waals surface area (Å²) in [6.07, 6.45) is -0.294. The highest BCUT2D eigenvalue weighted by Crippen LogP contribution is 2.38. The van der Waals surface area contributed by atoms with E-state index in [4.69, 9.17) is 5.26 Å². The van der Waals surface area contributed by atoms with Gasteiger partial charge in [-0.1, -0.05) is 0 Å². The molecule has 1 rings (SSSR count). The molecule has 0 aliphatic rings. The largest absolute Gasteiger partial charge is 0.446 e. The Morgan fingerprint density at radius 3 is 2.67 bits per heavy atom. The summed E-state index contributed by atoms with van der Waals surface area (Å²) in [5, 5.41) is 10.7. The minimum absolute atomic E-state index is 0.0841. The highest BCUT2D eigenvalue weighted by atomic mass is 32.2. The molecule has 0 spiro atoms. The fourth-order valence-electron chi connectivity index (χ4n) is 1.24. The van der Waals surface area contributed by atoms with Crippen molar-refractivity contribution in [2.24, 2.45) is 0 Å². The number of anilines is 1. The lowest BCUT2D eigenvalue weighted by atomic mass is 10.2. The summed E-state index contributed by atoms with van der Waals surface area (Å²) >= 11 is -0.200. The average molecular weight is 274 g/mol. The molecule has 0 aromatic heterocycles. The summed E-state index contributed by atoms with van der Waals surface area (Å²) in [4.78, 5) is 11.2. The van der Waals surface area contributed by atoms with E-state index in [9.17, 15) is 18.0 Å². The monoisotopic (exact) mass is 274 g/mol. The van der Waals surface area contributed by atoms with Gasteiger partial charge in [0.15, 0.2) is 0 Å². The molecule has 1 aromatic rings. The SMILES string of the molecule is Cc1cc(NC(=O)CC#N)ccc1SC(F)(F)F. The Morgan fingerprint density at radius 2 is 2.17 bits per heavy atom. The highest BCUT2D eigenvalue weighted by molar-refractivity contribution is 8.00. The molecule has 1 aromatic carbocycles. The zero-order valence-electron chi connectivity index (χ0n) is 9.34. The van der Waals surface area contributed by atoms with Gasteiger partial charge in [0.05, 0.1) is 6.07 Å². The molecule has 0 aliphatic heterocycles. The van der Waals surface area contributed by atoms with Gasteiger partial charge in [-0.15, -0.1) is 0 Å². The highest BCUT2D eigenvalue weighted by Gasteiger charge is 2.29. The van der Waals surface area contributed by atoms with Crippen LogP contribution in [0.5, 0.6) is 0 Å². The Balaban J connectivity index is 2.80. The van der Waals surface area contributed by atoms with E-state index < -0.39 is 11.4 Å². The number of thioether (sulfide) groups is 1. The van der Waals surface area contributed by atoms with E-state index >= 15 is 0 Å². The summed E-state index contributed by atoms with van der Waals surface area (Å²) in [5.41, 5.74) is -3.55. The minimum atomic E-state index is -4.34. The topological polar surface area (TPSA) is 52.9 Å². The Kier molecular flexibility index (Phi) is 4.62. The zero-order valence-corrected chi connectivity index (χ0v) is 10.2. The zero-order chi connectivity index (χ0) is 13.8. The van der Waals surface area contributed by atoms with Gasteiger partial charge in [0.2, 0.25) is 5.91 Å². The molecule has 3 nitrogen and oxygen atoms in total. The maximum atomic E-state index is 12.2. The molecule has 0 aliphatic carbocycles. The lowest BCUT2D eigenvalue weighted by Crippen LogP contribution is -2.10. The molecular formula is C11H9F3N2OS. The number of hydrogen-bond acceptors (Lipinski definition) is 3. The van der Waals surface area contributed by atoms with Gasteiger partial charge in [-0.3, -0.25) is 4.79 Å². The molecule has 0 radical (unpaired) electrons. The maximum Gasteiger partial charge on any atom is 0.446 e. The molecule has 7 heteroatoms. The number of aryl methyl sites for hydroxylation is 1. The second kappa shape index (κ2) is 5.78. The number of hydrogen-bond donors (Lipinski definition) is 1. The van der Waals surface area contributed by atoms with Crippen molar-refractivity contribution >= 4 is 23.4 Å². The number of benzene rings is 1. The standard InChI is InChI=1S/C11H9F3N2OS/c1-7-6-8(16-10(17)4-5-15)2-3-9(7)18-11(12,13)14/h2-3,6H,4H2,1H3,(H,16,17). The van der Waals surface area contributed by atoms with Crippen molar-refractivity contribution in [1.29, 1.82) is 5.26 Å². The third-order valence-electron chi connectivity index (χ3n) is 1.92. The quantitative estimate of drug-likeness (QED) is 0.859. The van der Waals surface area contributed by atoms with E-state index in [1.54, 1.807) is 6.07 Å². The van der Waals surface area contributed by atoms with Crippen LogP contribution in [0, 0.1) is 18.3 Å². The van der Waals surface area contributed by atoms with Crippen LogP contribution in [0.25, 0.3) is 0 Å². The second-order valence-electron chi connectivity index (χ2n) is 3.41. The van der Waals surface area contributed by atoms with Crippen molar-refractivity contribution in [2.45, 2.75) is 23.7 Å². The molecule has 1 amide bonds. The van der Waals surface area contributed by atoms with Crippen LogP contribution in [0.4, 0.5) is 18.9 Å². The molecule has 0 heterocycles. The smallest absolute Gasteiger partial charge is 0.325 e. The fourth-order valence-corrected chi connectivity index (χ4v) is 1.85. The number of carbonyl (C=O) groups is 1. The van der Waals surface area contributed by atoms with Crippen LogP contribution in [-0.2, 0) is 4.79 Å². The maximum absolute atomic E-state index is 12.2. The summed E-state index contributed by atoms with van der Waals surface area (Å²) in [7, 11) is 0. The van der Waals surface area contributed by atoms with E-state index in [0.29, 0.717) is 11.3 Å². The van der Waals surface area contributed by atoms with Crippen molar-refractivity contribution in [1.82, 2.24) is 0 Å². The predicted molar refractivity (Wildman–Crippen MR) is 62.0 cm³/mol. The van der Waals surface area contributed by atoms with Crippen molar-refractivity contribution in [3.8, 4) is 6.07 Å². The molecule has 0 atom stereocenters. The fraction of sp³-hybridized carbons (Fsp3) is 0.273. The average Bonchev–Trinajstić information content (AvgIpc) is 2.21. The number of rotatable bonds is 3. The number of carbonyl (C=O) groups excluding carboxylic acids is 1. The van der Waals surface area contributed by atoms with Crippen LogP contribution >= 0.6 is 11.8 Å². The van der Waals surface area contributed by atoms with E-state index in [-0.39, 0.29) is 23.1 Å². The van der Waals surface area contributed by atoms with Crippen molar-refractivity contribution in [2.75, 3.05) is 5.32 Å². The summed E-state index contributed by atoms with van der Waals surface area (Å²) in [6, 6.07) is 5.77. The third kappa shape index (κ3) is 4.67. The first-order valence-electron chi connectivity index (χ1n) is 4.85. The van der Waals surface area contributed by atoms with Crippen LogP contribution in [0.2, 0.25) is 0 Å². The van der Waals surface area contributed by atoms with Gasteiger partial charge in [-0.2, -0.15) is 18.4 Å². The molecule has 0 saturated heterocycles.